The highest BCUT2D eigenvalue weighted by Gasteiger charge is 2.30. The van der Waals surface area contributed by atoms with Crippen molar-refractivity contribution >= 4 is 23.6 Å². The molecule has 0 bridgehead atoms. The highest BCUT2D eigenvalue weighted by Crippen LogP contribution is 2.29. The lowest BCUT2D eigenvalue weighted by Crippen LogP contribution is -2.40. The molecule has 0 amide bonds. The molecule has 0 radical (unpaired) electrons. The van der Waals surface area contributed by atoms with Crippen molar-refractivity contribution in [1.29, 1.82) is 0 Å². The molecule has 0 atom stereocenters. The van der Waals surface area contributed by atoms with Gasteiger partial charge in [-0.2, -0.15) is 0 Å². The first kappa shape index (κ1) is 24.1. The van der Waals surface area contributed by atoms with Crippen LogP contribution in [0.3, 0.4) is 0 Å². The van der Waals surface area contributed by atoms with E-state index in [0.29, 0.717) is 37.6 Å². The number of esters is 2. The molecule has 2 heterocycles. The predicted molar refractivity (Wildman–Crippen MR) is 116 cm³/mol. The maximum Gasteiger partial charge on any atom is 0.359 e. The van der Waals surface area contributed by atoms with E-state index in [1.807, 2.05) is 18.7 Å². The average Bonchev–Trinajstić information content (AvgIpc) is 2.79. The maximum atomic E-state index is 13.9. The van der Waals surface area contributed by atoms with E-state index in [0.717, 1.165) is 12.1 Å². The van der Waals surface area contributed by atoms with Crippen LogP contribution in [0.2, 0.25) is 0 Å². The highest BCUT2D eigenvalue weighted by molar-refractivity contribution is 6.01. The third kappa shape index (κ3) is 5.65. The largest absolute Gasteiger partial charge is 0.487 e. The lowest BCUT2D eigenvalue weighted by molar-refractivity contribution is 0.0544. The van der Waals surface area contributed by atoms with E-state index in [2.05, 4.69) is 15.3 Å². The van der Waals surface area contributed by atoms with E-state index in [1.54, 1.807) is 0 Å². The molecule has 1 aromatic heterocycles. The molecule has 1 aliphatic heterocycles. The average molecular weight is 464 g/mol. The predicted octanol–water partition coefficient (Wildman–Crippen LogP) is 3.20. The molecule has 1 saturated heterocycles. The molecule has 1 fully saturated rings. The molecule has 0 unspecified atom stereocenters. The van der Waals surface area contributed by atoms with Gasteiger partial charge in [0.15, 0.2) is 34.6 Å². The van der Waals surface area contributed by atoms with Crippen LogP contribution in [0.4, 0.5) is 20.4 Å². The van der Waals surface area contributed by atoms with Crippen molar-refractivity contribution in [2.24, 2.45) is 0 Å². The summed E-state index contributed by atoms with van der Waals surface area (Å²) in [6, 6.07) is 3.15. The molecule has 178 valence electrons. The Morgan fingerprint density at radius 1 is 1.06 bits per heavy atom. The lowest BCUT2D eigenvalue weighted by Gasteiger charge is -2.34. The normalized spacial score (nSPS) is 14.2. The van der Waals surface area contributed by atoms with Crippen LogP contribution in [0.25, 0.3) is 0 Å². The third-order valence-electron chi connectivity index (χ3n) is 4.99. The Labute approximate surface area is 190 Å². The molecule has 1 aromatic carbocycles. The van der Waals surface area contributed by atoms with E-state index in [-0.39, 0.29) is 29.3 Å². The molecule has 2 aromatic rings. The molecule has 0 saturated carbocycles. The van der Waals surface area contributed by atoms with Crippen molar-refractivity contribution in [2.75, 3.05) is 37.5 Å². The van der Waals surface area contributed by atoms with E-state index < -0.39 is 23.6 Å². The zero-order valence-corrected chi connectivity index (χ0v) is 18.9. The monoisotopic (exact) mass is 464 g/mol. The number of nitrogens with zero attached hydrogens (tertiary/aromatic N) is 3. The van der Waals surface area contributed by atoms with Crippen molar-refractivity contribution in [3.05, 3.63) is 41.2 Å². The number of carbonyl (C=O) groups excluding carboxylic acids is 2. The summed E-state index contributed by atoms with van der Waals surface area (Å²) in [7, 11) is 2.37. The molecule has 1 N–H and O–H groups in total. The fourth-order valence-electron chi connectivity index (χ4n) is 3.43. The number of methoxy groups -OCH3 is 2. The summed E-state index contributed by atoms with van der Waals surface area (Å²) in [5.74, 6) is -2.36. The number of ether oxygens (including phenoxy) is 3. The Bertz CT molecular complexity index is 1030. The van der Waals surface area contributed by atoms with Gasteiger partial charge in [-0.05, 0) is 26.0 Å². The van der Waals surface area contributed by atoms with Crippen molar-refractivity contribution in [1.82, 2.24) is 9.97 Å². The number of hydrogen-bond donors (Lipinski definition) is 1. The molecular weight excluding hydrogens is 438 g/mol. The van der Waals surface area contributed by atoms with E-state index >= 15 is 0 Å². The quantitative estimate of drug-likeness (QED) is 0.619. The number of rotatable bonds is 7. The minimum absolute atomic E-state index is 0.00721. The summed E-state index contributed by atoms with van der Waals surface area (Å²) >= 11 is 0. The van der Waals surface area contributed by atoms with Gasteiger partial charge in [0.05, 0.1) is 14.2 Å². The topological polar surface area (TPSA) is 103 Å². The van der Waals surface area contributed by atoms with Gasteiger partial charge in [-0.1, -0.05) is 0 Å². The summed E-state index contributed by atoms with van der Waals surface area (Å²) in [6.45, 7) is 4.73. The zero-order valence-electron chi connectivity index (χ0n) is 18.9. The van der Waals surface area contributed by atoms with Gasteiger partial charge < -0.3 is 24.4 Å². The standard InChI is InChI=1S/C22H26F2N4O5/c1-12(2)25-19-20(27-18(22(30)32-4)17(26-19)21(29)31-3)28-9-7-14(8-10-28)33-16-6-5-13(23)11-15(16)24/h5-6,11-12,14H,7-10H2,1-4H3,(H,25,26). The Hall–Kier alpha value is -3.50. The first-order valence-corrected chi connectivity index (χ1v) is 10.4. The van der Waals surface area contributed by atoms with Crippen LogP contribution in [0.5, 0.6) is 5.75 Å². The summed E-state index contributed by atoms with van der Waals surface area (Å²) in [6.07, 6.45) is 0.753. The second-order valence-electron chi connectivity index (χ2n) is 7.75. The summed E-state index contributed by atoms with van der Waals surface area (Å²) < 4.78 is 42.3. The number of aromatic nitrogens is 2. The molecule has 0 spiro atoms. The fraction of sp³-hybridized carbons (Fsp3) is 0.455. The smallest absolute Gasteiger partial charge is 0.359 e. The molecule has 3 rings (SSSR count). The zero-order chi connectivity index (χ0) is 24.1. The highest BCUT2D eigenvalue weighted by atomic mass is 19.1. The van der Waals surface area contributed by atoms with Crippen molar-refractivity contribution < 1.29 is 32.6 Å². The molecular formula is C22H26F2N4O5. The van der Waals surface area contributed by atoms with Crippen LogP contribution in [0.1, 0.15) is 47.7 Å². The fourth-order valence-corrected chi connectivity index (χ4v) is 3.43. The summed E-state index contributed by atoms with van der Waals surface area (Å²) in [5, 5.41) is 3.15. The van der Waals surface area contributed by atoms with Gasteiger partial charge in [-0.3, -0.25) is 0 Å². The number of hydrogen-bond acceptors (Lipinski definition) is 9. The van der Waals surface area contributed by atoms with Crippen molar-refractivity contribution in [2.45, 2.75) is 38.8 Å². The first-order chi connectivity index (χ1) is 15.7. The Kier molecular flexibility index (Phi) is 7.62. The summed E-state index contributed by atoms with van der Waals surface area (Å²) in [4.78, 5) is 35.1. The minimum Gasteiger partial charge on any atom is -0.487 e. The lowest BCUT2D eigenvalue weighted by atomic mass is 10.1. The second kappa shape index (κ2) is 10.4. The van der Waals surface area contributed by atoms with Crippen LogP contribution in [-0.4, -0.2) is 61.4 Å². The summed E-state index contributed by atoms with van der Waals surface area (Å²) in [5.41, 5.74) is -0.498. The van der Waals surface area contributed by atoms with E-state index in [9.17, 15) is 18.4 Å². The van der Waals surface area contributed by atoms with Crippen LogP contribution in [-0.2, 0) is 9.47 Å². The molecule has 11 heteroatoms. The first-order valence-electron chi connectivity index (χ1n) is 10.4. The number of piperidine rings is 1. The number of carbonyl (C=O) groups is 2. The van der Waals surface area contributed by atoms with Gasteiger partial charge in [-0.25, -0.2) is 28.3 Å². The van der Waals surface area contributed by atoms with Crippen LogP contribution < -0.4 is 15.0 Å². The second-order valence-corrected chi connectivity index (χ2v) is 7.75. The van der Waals surface area contributed by atoms with Crippen LogP contribution in [0.15, 0.2) is 18.2 Å². The SMILES string of the molecule is COC(=O)c1nc(NC(C)C)c(N2CCC(Oc3ccc(F)cc3F)CC2)nc1C(=O)OC. The van der Waals surface area contributed by atoms with Gasteiger partial charge in [0.1, 0.15) is 11.9 Å². The third-order valence-corrected chi connectivity index (χ3v) is 4.99. The Morgan fingerprint density at radius 2 is 1.67 bits per heavy atom. The van der Waals surface area contributed by atoms with Gasteiger partial charge in [0.2, 0.25) is 0 Å². The number of nitrogens with one attached hydrogen (secondary N) is 1. The number of benzene rings is 1. The number of halogens is 2. The van der Waals surface area contributed by atoms with Crippen molar-refractivity contribution in [3.63, 3.8) is 0 Å². The Morgan fingerprint density at radius 3 is 2.21 bits per heavy atom. The Balaban J connectivity index is 1.85. The molecule has 0 aliphatic carbocycles. The molecule has 33 heavy (non-hydrogen) atoms. The molecule has 9 nitrogen and oxygen atoms in total. The van der Waals surface area contributed by atoms with Gasteiger partial charge >= 0.3 is 11.9 Å². The van der Waals surface area contributed by atoms with Crippen LogP contribution >= 0.6 is 0 Å². The van der Waals surface area contributed by atoms with Crippen molar-refractivity contribution in [3.8, 4) is 5.75 Å². The van der Waals surface area contributed by atoms with Gasteiger partial charge in [0, 0.05) is 38.0 Å². The van der Waals surface area contributed by atoms with Crippen LogP contribution in [0, 0.1) is 11.6 Å². The van der Waals surface area contributed by atoms with E-state index in [1.165, 1.54) is 20.3 Å². The number of anilines is 2. The molecule has 1 aliphatic rings. The van der Waals surface area contributed by atoms with Gasteiger partial charge in [-0.15, -0.1) is 0 Å². The minimum atomic E-state index is -0.815. The van der Waals surface area contributed by atoms with E-state index in [4.69, 9.17) is 14.2 Å². The van der Waals surface area contributed by atoms with Gasteiger partial charge in [0.25, 0.3) is 0 Å². The maximum absolute atomic E-state index is 13.9.